The molecule has 1 amide bonds. The Balaban J connectivity index is 1.41. The van der Waals surface area contributed by atoms with E-state index in [4.69, 9.17) is 9.47 Å². The minimum absolute atomic E-state index is 0.145. The number of hydrogen-bond donors (Lipinski definition) is 2. The number of aromatic hydroxyl groups is 1. The second-order valence-electron chi connectivity index (χ2n) is 8.69. The molecule has 0 fully saturated rings. The molecule has 0 bridgehead atoms. The summed E-state index contributed by atoms with van der Waals surface area (Å²) in [6.07, 6.45) is 3.41. The summed E-state index contributed by atoms with van der Waals surface area (Å²) in [5.74, 6) is 0.854. The predicted octanol–water partition coefficient (Wildman–Crippen LogP) is 4.70. The summed E-state index contributed by atoms with van der Waals surface area (Å²) in [6, 6.07) is 17.0. The van der Waals surface area contributed by atoms with Gasteiger partial charge in [0.25, 0.3) is 5.69 Å². The molecule has 9 heteroatoms. The highest BCUT2D eigenvalue weighted by Crippen LogP contribution is 2.42. The topological polar surface area (TPSA) is 118 Å². The molecule has 2 aliphatic rings. The third-order valence-corrected chi connectivity index (χ3v) is 6.66. The van der Waals surface area contributed by atoms with Crippen molar-refractivity contribution < 1.29 is 24.3 Å². The van der Waals surface area contributed by atoms with Gasteiger partial charge in [-0.3, -0.25) is 14.9 Å². The summed E-state index contributed by atoms with van der Waals surface area (Å²) < 4.78 is 11.1. The van der Waals surface area contributed by atoms with Crippen LogP contribution in [0.25, 0.3) is 17.0 Å². The Labute approximate surface area is 205 Å². The van der Waals surface area contributed by atoms with E-state index < -0.39 is 11.0 Å². The Morgan fingerprint density at radius 1 is 1.11 bits per heavy atom. The quantitative estimate of drug-likeness (QED) is 0.247. The number of nitrogens with zero attached hydrogens (tertiary/aromatic N) is 2. The summed E-state index contributed by atoms with van der Waals surface area (Å²) in [7, 11) is 0. The maximum atomic E-state index is 13.5. The fourth-order valence-corrected chi connectivity index (χ4v) is 4.95. The Morgan fingerprint density at radius 2 is 1.94 bits per heavy atom. The molecule has 1 unspecified atom stereocenters. The molecule has 1 atom stereocenters. The average Bonchev–Trinajstić information content (AvgIpc) is 3.51. The fourth-order valence-electron chi connectivity index (χ4n) is 4.95. The number of fused-ring (bicyclic) bond motifs is 4. The van der Waals surface area contributed by atoms with Gasteiger partial charge in [0.15, 0.2) is 11.5 Å². The summed E-state index contributed by atoms with van der Waals surface area (Å²) >= 11 is 0. The number of carbonyl (C=O) groups excluding carboxylic acids is 1. The summed E-state index contributed by atoms with van der Waals surface area (Å²) in [5.41, 5.74) is 3.99. The van der Waals surface area contributed by atoms with Crippen molar-refractivity contribution in [2.45, 2.75) is 12.5 Å². The van der Waals surface area contributed by atoms with Crippen LogP contribution < -0.4 is 9.47 Å². The Hall–Kier alpha value is -4.79. The number of rotatable bonds is 4. The van der Waals surface area contributed by atoms with Crippen LogP contribution in [0.3, 0.4) is 0 Å². The number of amides is 1. The van der Waals surface area contributed by atoms with E-state index >= 15 is 0 Å². The lowest BCUT2D eigenvalue weighted by Gasteiger charge is -2.35. The van der Waals surface area contributed by atoms with Crippen molar-refractivity contribution in [3.05, 3.63) is 99.2 Å². The van der Waals surface area contributed by atoms with Gasteiger partial charge in [-0.25, -0.2) is 0 Å². The van der Waals surface area contributed by atoms with Crippen molar-refractivity contribution in [3.63, 3.8) is 0 Å². The van der Waals surface area contributed by atoms with Crippen LogP contribution in [0, 0.1) is 10.1 Å². The van der Waals surface area contributed by atoms with Gasteiger partial charge >= 0.3 is 0 Å². The molecule has 3 heterocycles. The van der Waals surface area contributed by atoms with Crippen LogP contribution >= 0.6 is 0 Å². The normalized spacial score (nSPS) is 16.4. The van der Waals surface area contributed by atoms with Crippen LogP contribution in [0.5, 0.6) is 17.2 Å². The SMILES string of the molecule is O=C(/C=C/c1cc([N+](=O)[O-])ccc1O)N1CCc2c([nH]c3ccccc23)C1c1ccc2c(c1)OCO2. The molecule has 0 aliphatic carbocycles. The second kappa shape index (κ2) is 8.46. The minimum Gasteiger partial charge on any atom is -0.507 e. The van der Waals surface area contributed by atoms with E-state index in [2.05, 4.69) is 11.1 Å². The summed E-state index contributed by atoms with van der Waals surface area (Å²) in [5, 5.41) is 22.4. The van der Waals surface area contributed by atoms with Crippen LogP contribution in [0.2, 0.25) is 0 Å². The highest BCUT2D eigenvalue weighted by atomic mass is 16.7. The molecule has 36 heavy (non-hydrogen) atoms. The molecule has 4 aromatic rings. The molecule has 3 aromatic carbocycles. The number of H-pyrrole nitrogens is 1. The van der Waals surface area contributed by atoms with Gasteiger partial charge < -0.3 is 24.5 Å². The first kappa shape index (κ1) is 21.7. The van der Waals surface area contributed by atoms with E-state index in [1.165, 1.54) is 30.4 Å². The van der Waals surface area contributed by atoms with Crippen molar-refractivity contribution in [2.24, 2.45) is 0 Å². The number of aromatic nitrogens is 1. The molecular weight excluding hydrogens is 462 g/mol. The number of aromatic amines is 1. The van der Waals surface area contributed by atoms with E-state index in [0.29, 0.717) is 24.5 Å². The largest absolute Gasteiger partial charge is 0.507 e. The van der Waals surface area contributed by atoms with Crippen LogP contribution in [-0.4, -0.2) is 39.2 Å². The first-order valence-corrected chi connectivity index (χ1v) is 11.4. The van der Waals surface area contributed by atoms with Crippen LogP contribution in [0.15, 0.2) is 66.7 Å². The molecular formula is C27H21N3O6. The maximum absolute atomic E-state index is 13.5. The second-order valence-corrected chi connectivity index (χ2v) is 8.69. The van der Waals surface area contributed by atoms with Gasteiger partial charge in [-0.1, -0.05) is 24.3 Å². The maximum Gasteiger partial charge on any atom is 0.270 e. The lowest BCUT2D eigenvalue weighted by Crippen LogP contribution is -2.39. The number of hydrogen-bond acceptors (Lipinski definition) is 6. The highest BCUT2D eigenvalue weighted by molar-refractivity contribution is 5.94. The minimum atomic E-state index is -0.545. The number of non-ortho nitro benzene ring substituents is 1. The Bertz CT molecular complexity index is 1560. The number of nitro benzene ring substituents is 1. The smallest absolute Gasteiger partial charge is 0.270 e. The predicted molar refractivity (Wildman–Crippen MR) is 132 cm³/mol. The van der Waals surface area contributed by atoms with Crippen molar-refractivity contribution in [2.75, 3.05) is 13.3 Å². The zero-order valence-corrected chi connectivity index (χ0v) is 19.0. The first-order valence-electron chi connectivity index (χ1n) is 11.4. The van der Waals surface area contributed by atoms with E-state index in [-0.39, 0.29) is 29.7 Å². The molecule has 1 aromatic heterocycles. The molecule has 2 N–H and O–H groups in total. The lowest BCUT2D eigenvalue weighted by molar-refractivity contribution is -0.384. The van der Waals surface area contributed by atoms with Crippen molar-refractivity contribution >= 4 is 28.6 Å². The van der Waals surface area contributed by atoms with Gasteiger partial charge in [-0.05, 0) is 47.9 Å². The van der Waals surface area contributed by atoms with Crippen molar-refractivity contribution in [1.29, 1.82) is 0 Å². The van der Waals surface area contributed by atoms with E-state index in [1.54, 1.807) is 4.90 Å². The highest BCUT2D eigenvalue weighted by Gasteiger charge is 2.34. The zero-order chi connectivity index (χ0) is 24.8. The van der Waals surface area contributed by atoms with Gasteiger partial charge in [0.2, 0.25) is 12.7 Å². The van der Waals surface area contributed by atoms with E-state index in [1.807, 2.05) is 36.4 Å². The zero-order valence-electron chi connectivity index (χ0n) is 19.0. The van der Waals surface area contributed by atoms with E-state index in [9.17, 15) is 20.0 Å². The van der Waals surface area contributed by atoms with Gasteiger partial charge in [-0.15, -0.1) is 0 Å². The fraction of sp³-hybridized carbons (Fsp3) is 0.148. The number of nitro groups is 1. The molecule has 6 rings (SSSR count). The number of phenolic OH excluding ortho intramolecular Hbond substituents is 1. The average molecular weight is 483 g/mol. The van der Waals surface area contributed by atoms with Gasteiger partial charge in [-0.2, -0.15) is 0 Å². The van der Waals surface area contributed by atoms with Crippen LogP contribution in [0.4, 0.5) is 5.69 Å². The number of nitrogens with one attached hydrogen (secondary N) is 1. The lowest BCUT2D eigenvalue weighted by atomic mass is 9.92. The van der Waals surface area contributed by atoms with Crippen LogP contribution in [0.1, 0.15) is 28.4 Å². The molecule has 0 spiro atoms. The number of phenols is 1. The number of benzene rings is 3. The third-order valence-electron chi connectivity index (χ3n) is 6.66. The van der Waals surface area contributed by atoms with Crippen molar-refractivity contribution in [3.8, 4) is 17.2 Å². The molecule has 0 saturated carbocycles. The summed E-state index contributed by atoms with van der Waals surface area (Å²) in [6.45, 7) is 0.622. The summed E-state index contributed by atoms with van der Waals surface area (Å²) in [4.78, 5) is 29.3. The Morgan fingerprint density at radius 3 is 2.81 bits per heavy atom. The molecule has 9 nitrogen and oxygen atoms in total. The first-order chi connectivity index (χ1) is 17.5. The molecule has 0 saturated heterocycles. The van der Waals surface area contributed by atoms with Gasteiger partial charge in [0.1, 0.15) is 5.75 Å². The Kier molecular flexibility index (Phi) is 5.10. The third kappa shape index (κ3) is 3.61. The standard InChI is InChI=1S/C27H21N3O6/c31-22-8-7-18(30(33)34)13-16(22)6-10-25(32)29-12-11-20-19-3-1-2-4-21(19)28-26(20)27(29)17-5-9-23-24(14-17)36-15-35-23/h1-10,13-14,27-28,31H,11-12,15H2/b10-6+. The van der Waals surface area contributed by atoms with Crippen LogP contribution in [-0.2, 0) is 11.2 Å². The number of carbonyl (C=O) groups is 1. The van der Waals surface area contributed by atoms with Gasteiger partial charge in [0.05, 0.1) is 11.0 Å². The molecule has 2 aliphatic heterocycles. The number of ether oxygens (including phenoxy) is 2. The monoisotopic (exact) mass is 483 g/mol. The molecule has 180 valence electrons. The number of para-hydroxylation sites is 1. The van der Waals surface area contributed by atoms with E-state index in [0.717, 1.165) is 27.7 Å². The van der Waals surface area contributed by atoms with Crippen molar-refractivity contribution in [1.82, 2.24) is 9.88 Å². The van der Waals surface area contributed by atoms with Gasteiger partial charge in [0, 0.05) is 46.9 Å². The molecule has 0 radical (unpaired) electrons.